The van der Waals surface area contributed by atoms with Crippen molar-refractivity contribution < 1.29 is 26.7 Å². The molecule has 190 valence electrons. The van der Waals surface area contributed by atoms with Gasteiger partial charge in [0.25, 0.3) is 5.91 Å². The van der Waals surface area contributed by atoms with Gasteiger partial charge in [0.1, 0.15) is 28.7 Å². The molecule has 2 N–H and O–H groups in total. The van der Waals surface area contributed by atoms with Gasteiger partial charge in [0.2, 0.25) is 0 Å². The number of anilines is 2. The minimum atomic E-state index is -4.76. The number of aryl methyl sites for hydroxylation is 1. The standard InChI is InChI=1S/C23H15ClF5N7O/c1-34-9-19(20(24)33-34)35(8-11-2-3-12(4-14(11)25)23(27,28)29)22(37)13-5-17-16(6-15(13)26)32-21(30)18-7-31-10-36(17)18/h2-7,9-10H,8H2,1H3,(H2,30,32). The number of carbonyl (C=O) groups excluding carboxylic acids is 1. The van der Waals surface area contributed by atoms with Crippen LogP contribution in [0.5, 0.6) is 0 Å². The van der Waals surface area contributed by atoms with E-state index in [1.165, 1.54) is 40.9 Å². The Morgan fingerprint density at radius 3 is 2.54 bits per heavy atom. The lowest BCUT2D eigenvalue weighted by atomic mass is 10.1. The van der Waals surface area contributed by atoms with Gasteiger partial charge in [-0.25, -0.2) is 18.7 Å². The first-order valence-electron chi connectivity index (χ1n) is 10.5. The Labute approximate surface area is 209 Å². The summed E-state index contributed by atoms with van der Waals surface area (Å²) in [6.45, 7) is -0.563. The van der Waals surface area contributed by atoms with Crippen LogP contribution in [0.25, 0.3) is 16.6 Å². The molecule has 5 aromatic rings. The Bertz CT molecular complexity index is 1690. The van der Waals surface area contributed by atoms with Crippen molar-refractivity contribution >= 4 is 45.6 Å². The molecule has 0 saturated heterocycles. The van der Waals surface area contributed by atoms with Crippen molar-refractivity contribution in [1.82, 2.24) is 24.1 Å². The molecule has 3 heterocycles. The molecule has 14 heteroatoms. The number of halogens is 6. The summed E-state index contributed by atoms with van der Waals surface area (Å²) in [5.74, 6) is -3.00. The second-order valence-corrected chi connectivity index (χ2v) is 8.50. The van der Waals surface area contributed by atoms with Gasteiger partial charge < -0.3 is 5.73 Å². The average Bonchev–Trinajstić information content (AvgIpc) is 3.44. The maximum absolute atomic E-state index is 15.2. The summed E-state index contributed by atoms with van der Waals surface area (Å²) in [6.07, 6.45) is -0.555. The number of benzene rings is 2. The fourth-order valence-corrected chi connectivity index (χ4v) is 4.20. The van der Waals surface area contributed by atoms with Crippen molar-refractivity contribution in [2.45, 2.75) is 12.7 Å². The van der Waals surface area contributed by atoms with Gasteiger partial charge in [-0.15, -0.1) is 0 Å². The summed E-state index contributed by atoms with van der Waals surface area (Å²) in [6, 6.07) is 4.16. The summed E-state index contributed by atoms with van der Waals surface area (Å²) in [4.78, 5) is 22.7. The number of amides is 1. The van der Waals surface area contributed by atoms with E-state index in [0.717, 1.165) is 17.0 Å². The number of nitrogen functional groups attached to an aromatic ring is 1. The van der Waals surface area contributed by atoms with Gasteiger partial charge in [-0.3, -0.25) is 18.8 Å². The Balaban J connectivity index is 1.63. The zero-order valence-corrected chi connectivity index (χ0v) is 19.5. The number of hydrogen-bond acceptors (Lipinski definition) is 5. The van der Waals surface area contributed by atoms with Gasteiger partial charge in [0, 0.05) is 18.7 Å². The van der Waals surface area contributed by atoms with E-state index in [2.05, 4.69) is 15.1 Å². The van der Waals surface area contributed by atoms with Crippen LogP contribution in [0.3, 0.4) is 0 Å². The summed E-state index contributed by atoms with van der Waals surface area (Å²) < 4.78 is 71.7. The predicted octanol–water partition coefficient (Wildman–Crippen LogP) is 5.00. The summed E-state index contributed by atoms with van der Waals surface area (Å²) in [5, 5.41) is 3.79. The highest BCUT2D eigenvalue weighted by atomic mass is 35.5. The zero-order chi connectivity index (χ0) is 26.6. The van der Waals surface area contributed by atoms with Crippen molar-refractivity contribution in [2.75, 3.05) is 10.6 Å². The lowest BCUT2D eigenvalue weighted by Crippen LogP contribution is -2.31. The summed E-state index contributed by atoms with van der Waals surface area (Å²) >= 11 is 6.18. The van der Waals surface area contributed by atoms with E-state index in [4.69, 9.17) is 17.3 Å². The molecule has 0 bridgehead atoms. The molecule has 0 radical (unpaired) electrons. The fraction of sp³-hybridized carbons (Fsp3) is 0.130. The number of aromatic nitrogens is 5. The molecule has 1 amide bonds. The second kappa shape index (κ2) is 8.69. The number of nitrogens with two attached hydrogens (primary N) is 1. The molecule has 0 saturated carbocycles. The Hall–Kier alpha value is -4.26. The van der Waals surface area contributed by atoms with E-state index in [1.54, 1.807) is 0 Å². The van der Waals surface area contributed by atoms with Crippen molar-refractivity contribution in [3.05, 3.63) is 82.5 Å². The van der Waals surface area contributed by atoms with E-state index < -0.39 is 41.4 Å². The largest absolute Gasteiger partial charge is 0.416 e. The molecule has 0 spiro atoms. The molecule has 0 unspecified atom stereocenters. The van der Waals surface area contributed by atoms with Crippen molar-refractivity contribution in [2.24, 2.45) is 7.05 Å². The zero-order valence-electron chi connectivity index (χ0n) is 18.8. The van der Waals surface area contributed by atoms with Crippen LogP contribution in [0.4, 0.5) is 33.5 Å². The minimum absolute atomic E-state index is 0.00355. The average molecular weight is 536 g/mol. The van der Waals surface area contributed by atoms with Crippen LogP contribution in [0.2, 0.25) is 5.15 Å². The number of imidazole rings is 1. The molecule has 0 aliphatic carbocycles. The third kappa shape index (κ3) is 4.31. The Morgan fingerprint density at radius 2 is 1.89 bits per heavy atom. The van der Waals surface area contributed by atoms with Crippen molar-refractivity contribution in [3.63, 3.8) is 0 Å². The van der Waals surface area contributed by atoms with Crippen molar-refractivity contribution in [1.29, 1.82) is 0 Å². The van der Waals surface area contributed by atoms with Gasteiger partial charge in [0.15, 0.2) is 5.15 Å². The normalized spacial score (nSPS) is 12.0. The van der Waals surface area contributed by atoms with E-state index in [1.807, 2.05) is 0 Å². The molecule has 37 heavy (non-hydrogen) atoms. The molecule has 8 nitrogen and oxygen atoms in total. The van der Waals surface area contributed by atoms with Gasteiger partial charge in [-0.2, -0.15) is 18.3 Å². The number of nitrogens with zero attached hydrogens (tertiary/aromatic N) is 6. The second-order valence-electron chi connectivity index (χ2n) is 8.14. The number of alkyl halides is 3. The SMILES string of the molecule is Cn1cc(N(Cc2ccc(C(F)(F)F)cc2F)C(=O)c2cc3c(cc2F)nc(N)c2cncn23)c(Cl)n1. The van der Waals surface area contributed by atoms with Gasteiger partial charge in [-0.05, 0) is 18.2 Å². The lowest BCUT2D eigenvalue weighted by Gasteiger charge is -2.23. The van der Waals surface area contributed by atoms with Crippen LogP contribution >= 0.6 is 11.6 Å². The first-order valence-corrected chi connectivity index (χ1v) is 10.9. The van der Waals surface area contributed by atoms with Crippen LogP contribution in [-0.2, 0) is 19.8 Å². The molecular formula is C23H15ClF5N7O. The molecule has 3 aromatic heterocycles. The smallest absolute Gasteiger partial charge is 0.382 e. The van der Waals surface area contributed by atoms with E-state index in [0.29, 0.717) is 23.2 Å². The third-order valence-corrected chi connectivity index (χ3v) is 5.98. The summed E-state index contributed by atoms with van der Waals surface area (Å²) in [7, 11) is 1.51. The number of rotatable bonds is 4. The summed E-state index contributed by atoms with van der Waals surface area (Å²) in [5.41, 5.74) is 4.90. The maximum atomic E-state index is 15.2. The van der Waals surface area contributed by atoms with Crippen molar-refractivity contribution in [3.8, 4) is 0 Å². The fourth-order valence-electron chi connectivity index (χ4n) is 3.93. The lowest BCUT2D eigenvalue weighted by molar-refractivity contribution is -0.137. The van der Waals surface area contributed by atoms with Crippen LogP contribution < -0.4 is 10.6 Å². The molecule has 0 atom stereocenters. The van der Waals surface area contributed by atoms with E-state index in [9.17, 15) is 22.4 Å². The van der Waals surface area contributed by atoms with Gasteiger partial charge >= 0.3 is 6.18 Å². The van der Waals surface area contributed by atoms with Crippen LogP contribution in [0, 0.1) is 11.6 Å². The molecule has 0 fully saturated rings. The van der Waals surface area contributed by atoms with Crippen LogP contribution in [-0.4, -0.2) is 30.1 Å². The molecule has 5 rings (SSSR count). The molecule has 2 aromatic carbocycles. The minimum Gasteiger partial charge on any atom is -0.382 e. The first kappa shape index (κ1) is 24.4. The highest BCUT2D eigenvalue weighted by Gasteiger charge is 2.32. The van der Waals surface area contributed by atoms with Crippen LogP contribution in [0.1, 0.15) is 21.5 Å². The topological polar surface area (TPSA) is 94.3 Å². The van der Waals surface area contributed by atoms with Gasteiger partial charge in [0.05, 0.1) is 47.4 Å². The highest BCUT2D eigenvalue weighted by molar-refractivity contribution is 6.32. The number of fused-ring (bicyclic) bond motifs is 3. The highest BCUT2D eigenvalue weighted by Crippen LogP contribution is 2.33. The first-order chi connectivity index (χ1) is 17.4. The quantitative estimate of drug-likeness (QED) is 0.327. The number of hydrogen-bond donors (Lipinski definition) is 1. The molecule has 0 aliphatic heterocycles. The Kier molecular flexibility index (Phi) is 5.74. The molecule has 0 aliphatic rings. The van der Waals surface area contributed by atoms with Crippen LogP contribution in [0.15, 0.2) is 49.1 Å². The molecular weight excluding hydrogens is 521 g/mol. The van der Waals surface area contributed by atoms with Gasteiger partial charge in [-0.1, -0.05) is 17.7 Å². The maximum Gasteiger partial charge on any atom is 0.416 e. The monoisotopic (exact) mass is 535 g/mol. The number of carbonyl (C=O) groups is 1. The van der Waals surface area contributed by atoms with E-state index in [-0.39, 0.29) is 27.7 Å². The predicted molar refractivity (Wildman–Crippen MR) is 125 cm³/mol. The van der Waals surface area contributed by atoms with E-state index >= 15 is 4.39 Å². The Morgan fingerprint density at radius 1 is 1.14 bits per heavy atom. The third-order valence-electron chi connectivity index (χ3n) is 5.71.